The van der Waals surface area contributed by atoms with Crippen LogP contribution in [0.2, 0.25) is 0 Å². The molecule has 0 bridgehead atoms. The first-order chi connectivity index (χ1) is 6.24. The Morgan fingerprint density at radius 1 is 1.62 bits per heavy atom. The molecular formula is C9H19NO3. The summed E-state index contributed by atoms with van der Waals surface area (Å²) in [5.41, 5.74) is 0. The summed E-state index contributed by atoms with van der Waals surface area (Å²) in [4.78, 5) is 2.16. The summed E-state index contributed by atoms with van der Waals surface area (Å²) >= 11 is 0. The number of ether oxygens (including phenoxy) is 1. The summed E-state index contributed by atoms with van der Waals surface area (Å²) < 4.78 is 5.37. The van der Waals surface area contributed by atoms with Crippen molar-refractivity contribution in [2.45, 2.75) is 25.5 Å². The third-order valence-corrected chi connectivity index (χ3v) is 2.37. The fourth-order valence-electron chi connectivity index (χ4n) is 1.55. The highest BCUT2D eigenvalue weighted by molar-refractivity contribution is 4.72. The van der Waals surface area contributed by atoms with Crippen molar-refractivity contribution in [1.29, 1.82) is 0 Å². The average molecular weight is 189 g/mol. The van der Waals surface area contributed by atoms with Crippen LogP contribution in [0.3, 0.4) is 0 Å². The highest BCUT2D eigenvalue weighted by Crippen LogP contribution is 2.07. The summed E-state index contributed by atoms with van der Waals surface area (Å²) in [6.45, 7) is 4.92. The van der Waals surface area contributed by atoms with E-state index in [1.165, 1.54) is 0 Å². The molecular weight excluding hydrogens is 170 g/mol. The standard InChI is InChI=1S/C9H19NO3/c1-8-7-13-4-2-3-10(8)5-9(12)6-11/h8-9,11-12H,2-7H2,1H3. The Bertz CT molecular complexity index is 143. The Kier molecular flexibility index (Phi) is 4.66. The second-order valence-electron chi connectivity index (χ2n) is 3.61. The summed E-state index contributed by atoms with van der Waals surface area (Å²) in [6.07, 6.45) is 0.378. The molecule has 2 unspecified atom stereocenters. The molecule has 2 N–H and O–H groups in total. The van der Waals surface area contributed by atoms with E-state index in [-0.39, 0.29) is 6.61 Å². The monoisotopic (exact) mass is 189 g/mol. The van der Waals surface area contributed by atoms with Gasteiger partial charge in [-0.3, -0.25) is 4.90 Å². The quantitative estimate of drug-likeness (QED) is 0.625. The summed E-state index contributed by atoms with van der Waals surface area (Å²) in [5.74, 6) is 0. The molecule has 1 saturated heterocycles. The average Bonchev–Trinajstić information content (AvgIpc) is 2.32. The molecule has 78 valence electrons. The Morgan fingerprint density at radius 2 is 2.38 bits per heavy atom. The molecule has 4 nitrogen and oxygen atoms in total. The maximum atomic E-state index is 9.29. The SMILES string of the molecule is CC1COCCCN1CC(O)CO. The zero-order valence-corrected chi connectivity index (χ0v) is 8.15. The molecule has 1 aliphatic heterocycles. The molecule has 2 atom stereocenters. The molecule has 0 aliphatic carbocycles. The molecule has 0 aromatic carbocycles. The summed E-state index contributed by atoms with van der Waals surface area (Å²) in [5, 5.41) is 18.0. The lowest BCUT2D eigenvalue weighted by molar-refractivity contribution is 0.0398. The Morgan fingerprint density at radius 3 is 3.08 bits per heavy atom. The third kappa shape index (κ3) is 3.60. The van der Waals surface area contributed by atoms with Gasteiger partial charge in [-0.2, -0.15) is 0 Å². The van der Waals surface area contributed by atoms with E-state index in [1.807, 2.05) is 0 Å². The van der Waals surface area contributed by atoms with E-state index in [9.17, 15) is 5.11 Å². The zero-order chi connectivity index (χ0) is 9.68. The lowest BCUT2D eigenvalue weighted by atomic mass is 10.2. The van der Waals surface area contributed by atoms with Gasteiger partial charge in [0.05, 0.1) is 19.3 Å². The van der Waals surface area contributed by atoms with Crippen LogP contribution in [-0.2, 0) is 4.74 Å². The first-order valence-electron chi connectivity index (χ1n) is 4.84. The van der Waals surface area contributed by atoms with Gasteiger partial charge in [0, 0.05) is 25.7 Å². The van der Waals surface area contributed by atoms with Gasteiger partial charge < -0.3 is 14.9 Å². The number of nitrogens with zero attached hydrogens (tertiary/aromatic N) is 1. The molecule has 0 radical (unpaired) electrons. The minimum atomic E-state index is -0.624. The number of hydrogen-bond donors (Lipinski definition) is 2. The Labute approximate surface area is 79.1 Å². The van der Waals surface area contributed by atoms with Crippen LogP contribution < -0.4 is 0 Å². The van der Waals surface area contributed by atoms with Crippen LogP contribution in [0.15, 0.2) is 0 Å². The van der Waals surface area contributed by atoms with Gasteiger partial charge in [0.15, 0.2) is 0 Å². The third-order valence-electron chi connectivity index (χ3n) is 2.37. The van der Waals surface area contributed by atoms with E-state index in [2.05, 4.69) is 11.8 Å². The zero-order valence-electron chi connectivity index (χ0n) is 8.15. The van der Waals surface area contributed by atoms with Crippen molar-refractivity contribution in [2.24, 2.45) is 0 Å². The minimum Gasteiger partial charge on any atom is -0.394 e. The van der Waals surface area contributed by atoms with E-state index >= 15 is 0 Å². The Balaban J connectivity index is 2.35. The van der Waals surface area contributed by atoms with Gasteiger partial charge in [0.25, 0.3) is 0 Å². The lowest BCUT2D eigenvalue weighted by Crippen LogP contribution is -2.41. The summed E-state index contributed by atoms with van der Waals surface area (Å²) in [6, 6.07) is 0.337. The second kappa shape index (κ2) is 5.54. The van der Waals surface area contributed by atoms with Crippen LogP contribution in [0.5, 0.6) is 0 Å². The largest absolute Gasteiger partial charge is 0.394 e. The van der Waals surface area contributed by atoms with E-state index in [1.54, 1.807) is 0 Å². The van der Waals surface area contributed by atoms with Crippen molar-refractivity contribution in [2.75, 3.05) is 32.9 Å². The van der Waals surface area contributed by atoms with E-state index < -0.39 is 6.10 Å². The molecule has 0 aromatic rings. The van der Waals surface area contributed by atoms with Crippen molar-refractivity contribution in [3.63, 3.8) is 0 Å². The molecule has 1 heterocycles. The predicted octanol–water partition coefficient (Wildman–Crippen LogP) is -0.550. The van der Waals surface area contributed by atoms with Gasteiger partial charge in [-0.15, -0.1) is 0 Å². The summed E-state index contributed by atoms with van der Waals surface area (Å²) in [7, 11) is 0. The number of hydrogen-bond acceptors (Lipinski definition) is 4. The van der Waals surface area contributed by atoms with Crippen molar-refractivity contribution < 1.29 is 14.9 Å². The van der Waals surface area contributed by atoms with Crippen molar-refractivity contribution >= 4 is 0 Å². The highest BCUT2D eigenvalue weighted by Gasteiger charge is 2.19. The number of β-amino-alcohol motifs (C(OH)–C–C–N with tert-alkyl or cyclic N) is 1. The maximum absolute atomic E-state index is 9.29. The highest BCUT2D eigenvalue weighted by atomic mass is 16.5. The van der Waals surface area contributed by atoms with Gasteiger partial charge in [-0.1, -0.05) is 0 Å². The van der Waals surface area contributed by atoms with Gasteiger partial charge in [0.2, 0.25) is 0 Å². The van der Waals surface area contributed by atoms with Crippen LogP contribution in [-0.4, -0.2) is 60.2 Å². The second-order valence-corrected chi connectivity index (χ2v) is 3.61. The van der Waals surface area contributed by atoms with Gasteiger partial charge >= 0.3 is 0 Å². The molecule has 1 fully saturated rings. The lowest BCUT2D eigenvalue weighted by Gasteiger charge is -2.27. The van der Waals surface area contributed by atoms with Crippen LogP contribution in [0.25, 0.3) is 0 Å². The van der Waals surface area contributed by atoms with E-state index in [0.29, 0.717) is 12.6 Å². The van der Waals surface area contributed by atoms with E-state index in [0.717, 1.165) is 26.2 Å². The number of aliphatic hydroxyl groups excluding tert-OH is 2. The van der Waals surface area contributed by atoms with Crippen molar-refractivity contribution in [3.05, 3.63) is 0 Å². The molecule has 4 heteroatoms. The molecule has 13 heavy (non-hydrogen) atoms. The van der Waals surface area contributed by atoms with Gasteiger partial charge in [0.1, 0.15) is 0 Å². The smallest absolute Gasteiger partial charge is 0.0897 e. The van der Waals surface area contributed by atoms with Crippen LogP contribution in [0.4, 0.5) is 0 Å². The first kappa shape index (κ1) is 10.9. The molecule has 0 amide bonds. The van der Waals surface area contributed by atoms with Crippen LogP contribution in [0, 0.1) is 0 Å². The fourth-order valence-corrected chi connectivity index (χ4v) is 1.55. The van der Waals surface area contributed by atoms with Crippen LogP contribution in [0.1, 0.15) is 13.3 Å². The molecule has 1 rings (SSSR count). The topological polar surface area (TPSA) is 52.9 Å². The molecule has 0 spiro atoms. The van der Waals surface area contributed by atoms with Gasteiger partial charge in [-0.05, 0) is 13.3 Å². The van der Waals surface area contributed by atoms with E-state index in [4.69, 9.17) is 9.84 Å². The maximum Gasteiger partial charge on any atom is 0.0897 e. The molecule has 0 saturated carbocycles. The number of rotatable bonds is 3. The molecule has 0 aromatic heterocycles. The fraction of sp³-hybridized carbons (Fsp3) is 1.00. The van der Waals surface area contributed by atoms with Crippen molar-refractivity contribution in [1.82, 2.24) is 4.90 Å². The normalized spacial score (nSPS) is 28.4. The first-order valence-corrected chi connectivity index (χ1v) is 4.84. The Hall–Kier alpha value is -0.160. The van der Waals surface area contributed by atoms with Gasteiger partial charge in [-0.25, -0.2) is 0 Å². The van der Waals surface area contributed by atoms with Crippen molar-refractivity contribution in [3.8, 4) is 0 Å². The van der Waals surface area contributed by atoms with Crippen LogP contribution >= 0.6 is 0 Å². The predicted molar refractivity (Wildman–Crippen MR) is 49.6 cm³/mol. The number of aliphatic hydroxyl groups is 2. The molecule has 1 aliphatic rings. The minimum absolute atomic E-state index is 0.163.